The monoisotopic (exact) mass is 869 g/mol. The lowest BCUT2D eigenvalue weighted by Gasteiger charge is -2.46. The summed E-state index contributed by atoms with van der Waals surface area (Å²) >= 11 is 2.10. The molecule has 56 heavy (non-hydrogen) atoms. The van der Waals surface area contributed by atoms with E-state index in [4.69, 9.17) is 14.2 Å². The summed E-state index contributed by atoms with van der Waals surface area (Å²) in [6, 6.07) is 24.5. The summed E-state index contributed by atoms with van der Waals surface area (Å²) in [5.74, 6) is -5.20. The van der Waals surface area contributed by atoms with Crippen molar-refractivity contribution < 1.29 is 43.3 Å². The summed E-state index contributed by atoms with van der Waals surface area (Å²) in [6.07, 6.45) is 0.484. The van der Waals surface area contributed by atoms with Gasteiger partial charge in [-0.3, -0.25) is 19.3 Å². The Morgan fingerprint density at radius 1 is 0.929 bits per heavy atom. The van der Waals surface area contributed by atoms with Gasteiger partial charge in [-0.25, -0.2) is 14.5 Å². The Labute approximate surface area is 337 Å². The maximum atomic E-state index is 15.9. The highest BCUT2D eigenvalue weighted by Crippen LogP contribution is 2.66. The molecule has 1 spiro atoms. The Hall–Kier alpha value is -5.54. The molecule has 0 aliphatic carbocycles. The average Bonchev–Trinajstić information content (AvgIpc) is 3.65. The van der Waals surface area contributed by atoms with E-state index in [1.54, 1.807) is 44.2 Å². The van der Waals surface area contributed by atoms with Gasteiger partial charge in [0.05, 0.1) is 24.9 Å². The number of ether oxygens (including phenoxy) is 3. The molecule has 288 valence electrons. The molecule has 7 rings (SSSR count). The zero-order chi connectivity index (χ0) is 39.9. The van der Waals surface area contributed by atoms with Gasteiger partial charge >= 0.3 is 23.9 Å². The molecule has 0 bridgehead atoms. The van der Waals surface area contributed by atoms with Crippen LogP contribution in [0.1, 0.15) is 54.3 Å². The number of aromatic hydroxyl groups is 1. The summed E-state index contributed by atoms with van der Waals surface area (Å²) in [5, 5.41) is 13.2. The maximum absolute atomic E-state index is 15.9. The SMILES string of the molecule is C=CCOC(=O)C1C2C(=O)OC(c3ccccc3)C(c3ccccc3)N2C(c2ccc(O)cc2)C12C(=O)N(C(=O)NC(C(=O)OC)C(C)C)c1ccc(I)cc12. The molecule has 3 aliphatic heterocycles. The predicted molar refractivity (Wildman–Crippen MR) is 213 cm³/mol. The Bertz CT molecular complexity index is 2180. The van der Waals surface area contributed by atoms with Gasteiger partial charge in [0.25, 0.3) is 0 Å². The summed E-state index contributed by atoms with van der Waals surface area (Å²) in [6.45, 7) is 6.93. The van der Waals surface area contributed by atoms with Gasteiger partial charge < -0.3 is 24.6 Å². The molecule has 2 fully saturated rings. The lowest BCUT2D eigenvalue weighted by molar-refractivity contribution is -0.180. The molecule has 3 amide bonds. The van der Waals surface area contributed by atoms with E-state index in [0.29, 0.717) is 20.3 Å². The molecule has 13 heteroatoms. The topological polar surface area (TPSA) is 152 Å². The molecule has 3 aliphatic rings. The highest BCUT2D eigenvalue weighted by Gasteiger charge is 2.76. The fraction of sp³-hybridized carbons (Fsp3) is 0.279. The number of carbonyl (C=O) groups is 5. The summed E-state index contributed by atoms with van der Waals surface area (Å²) in [5.41, 5.74) is 0.343. The van der Waals surface area contributed by atoms with Crippen molar-refractivity contribution in [1.29, 1.82) is 0 Å². The fourth-order valence-corrected chi connectivity index (χ4v) is 9.05. The van der Waals surface area contributed by atoms with Crippen LogP contribution >= 0.6 is 22.6 Å². The van der Waals surface area contributed by atoms with Crippen molar-refractivity contribution >= 4 is 58.1 Å². The van der Waals surface area contributed by atoms with E-state index in [0.717, 1.165) is 10.5 Å². The number of nitrogens with one attached hydrogen (secondary N) is 1. The quantitative estimate of drug-likeness (QED) is 0.0850. The highest BCUT2D eigenvalue weighted by molar-refractivity contribution is 14.1. The zero-order valence-electron chi connectivity index (χ0n) is 30.8. The number of fused-ring (bicyclic) bond motifs is 3. The third-order valence-electron chi connectivity index (χ3n) is 10.8. The molecule has 0 radical (unpaired) electrons. The number of imide groups is 1. The minimum Gasteiger partial charge on any atom is -0.508 e. The van der Waals surface area contributed by atoms with Crippen molar-refractivity contribution in [3.05, 3.63) is 142 Å². The van der Waals surface area contributed by atoms with Crippen LogP contribution in [0.3, 0.4) is 0 Å². The number of phenols is 1. The van der Waals surface area contributed by atoms with Crippen molar-refractivity contribution in [3.63, 3.8) is 0 Å². The first-order valence-electron chi connectivity index (χ1n) is 18.1. The van der Waals surface area contributed by atoms with Crippen LogP contribution in [0, 0.1) is 15.4 Å². The minimum atomic E-state index is -2.01. The second-order valence-electron chi connectivity index (χ2n) is 14.3. The fourth-order valence-electron chi connectivity index (χ4n) is 8.55. The molecule has 4 aromatic carbocycles. The van der Waals surface area contributed by atoms with Crippen LogP contribution in [-0.4, -0.2) is 65.7 Å². The number of urea groups is 1. The molecular formula is C43H40IN3O9. The average molecular weight is 870 g/mol. The normalized spacial score (nSPS) is 24.6. The number of carbonyl (C=O) groups excluding carboxylic acids is 5. The van der Waals surface area contributed by atoms with E-state index in [9.17, 15) is 24.3 Å². The number of methoxy groups -OCH3 is 1. The van der Waals surface area contributed by atoms with Crippen LogP contribution in [0.15, 0.2) is 116 Å². The predicted octanol–water partition coefficient (Wildman–Crippen LogP) is 6.30. The van der Waals surface area contributed by atoms with Gasteiger partial charge in [-0.2, -0.15) is 0 Å². The van der Waals surface area contributed by atoms with Crippen molar-refractivity contribution in [3.8, 4) is 5.75 Å². The van der Waals surface area contributed by atoms with E-state index >= 15 is 4.79 Å². The number of amides is 3. The first-order valence-corrected chi connectivity index (χ1v) is 19.2. The molecule has 7 atom stereocenters. The number of anilines is 1. The Morgan fingerprint density at radius 3 is 2.18 bits per heavy atom. The highest BCUT2D eigenvalue weighted by atomic mass is 127. The summed E-state index contributed by atoms with van der Waals surface area (Å²) in [7, 11) is 1.21. The van der Waals surface area contributed by atoms with Gasteiger partial charge in [-0.1, -0.05) is 99.3 Å². The number of halogens is 1. The zero-order valence-corrected chi connectivity index (χ0v) is 33.0. The second-order valence-corrected chi connectivity index (χ2v) is 15.5. The maximum Gasteiger partial charge on any atom is 0.329 e. The first kappa shape index (κ1) is 38.7. The molecule has 2 saturated heterocycles. The third-order valence-corrected chi connectivity index (χ3v) is 11.5. The van der Waals surface area contributed by atoms with Crippen LogP contribution in [-0.2, 0) is 38.8 Å². The van der Waals surface area contributed by atoms with Crippen LogP contribution in [0.5, 0.6) is 5.75 Å². The first-order chi connectivity index (χ1) is 26.9. The Kier molecular flexibility index (Phi) is 10.7. The lowest BCUT2D eigenvalue weighted by atomic mass is 9.65. The van der Waals surface area contributed by atoms with E-state index < -0.39 is 77.4 Å². The number of hydrogen-bond donors (Lipinski definition) is 2. The Morgan fingerprint density at radius 2 is 1.57 bits per heavy atom. The smallest absolute Gasteiger partial charge is 0.329 e. The number of phenolic OH excluding ortho intramolecular Hbond substituents is 1. The van der Waals surface area contributed by atoms with Gasteiger partial charge in [-0.15, -0.1) is 0 Å². The van der Waals surface area contributed by atoms with Crippen LogP contribution in [0.25, 0.3) is 0 Å². The van der Waals surface area contributed by atoms with Gasteiger partial charge in [-0.05, 0) is 81.1 Å². The van der Waals surface area contributed by atoms with Gasteiger partial charge in [0.1, 0.15) is 41.9 Å². The number of nitrogens with zero attached hydrogens (tertiary/aromatic N) is 2. The van der Waals surface area contributed by atoms with E-state index in [2.05, 4.69) is 34.5 Å². The second kappa shape index (κ2) is 15.5. The standard InChI is InChI=1S/C43H40IN3O9/c1-5-22-55-38(49)32-35-40(51)56-36(26-14-10-7-11-15-26)34(25-12-8-6-9-13-25)47(35)37(27-16-19-29(48)20-17-27)43(32)30-23-28(44)18-21-31(30)46(41(43)52)42(53)45-33(24(2)3)39(50)54-4/h5-21,23-24,32-37,48H,1,22H2,2-4H3,(H,45,53). The number of hydrogen-bond acceptors (Lipinski definition) is 10. The van der Waals surface area contributed by atoms with Crippen molar-refractivity contribution in [1.82, 2.24) is 10.2 Å². The third kappa shape index (κ3) is 6.32. The van der Waals surface area contributed by atoms with Crippen LogP contribution < -0.4 is 10.2 Å². The molecule has 4 aromatic rings. The van der Waals surface area contributed by atoms with Crippen LogP contribution in [0.4, 0.5) is 10.5 Å². The minimum absolute atomic E-state index is 0.0460. The molecule has 12 nitrogen and oxygen atoms in total. The van der Waals surface area contributed by atoms with Gasteiger partial charge in [0.2, 0.25) is 5.91 Å². The number of rotatable bonds is 9. The number of cyclic esters (lactones) is 1. The van der Waals surface area contributed by atoms with Crippen molar-refractivity contribution in [2.75, 3.05) is 18.6 Å². The van der Waals surface area contributed by atoms with Gasteiger partial charge in [0, 0.05) is 3.57 Å². The molecule has 3 heterocycles. The van der Waals surface area contributed by atoms with Crippen molar-refractivity contribution in [2.45, 2.75) is 49.5 Å². The molecule has 7 unspecified atom stereocenters. The summed E-state index contributed by atoms with van der Waals surface area (Å²) < 4.78 is 17.8. The Balaban J connectivity index is 1.55. The number of esters is 3. The molecule has 2 N–H and O–H groups in total. The molecule has 0 saturated carbocycles. The van der Waals surface area contributed by atoms with E-state index in [1.165, 1.54) is 25.3 Å². The molecular weight excluding hydrogens is 829 g/mol. The van der Waals surface area contributed by atoms with Gasteiger partial charge in [0.15, 0.2) is 0 Å². The van der Waals surface area contributed by atoms with E-state index in [1.807, 2.05) is 65.6 Å². The van der Waals surface area contributed by atoms with E-state index in [-0.39, 0.29) is 18.0 Å². The number of morpholine rings is 1. The summed E-state index contributed by atoms with van der Waals surface area (Å²) in [4.78, 5) is 75.8. The lowest BCUT2D eigenvalue weighted by Crippen LogP contribution is -2.56. The number of benzene rings is 4. The largest absolute Gasteiger partial charge is 0.508 e. The van der Waals surface area contributed by atoms with Crippen LogP contribution in [0.2, 0.25) is 0 Å². The molecule has 0 aromatic heterocycles. The van der Waals surface area contributed by atoms with Crippen molar-refractivity contribution in [2.24, 2.45) is 11.8 Å².